The van der Waals surface area contributed by atoms with Gasteiger partial charge in [-0.05, 0) is 72.4 Å². The van der Waals surface area contributed by atoms with E-state index in [1.54, 1.807) is 0 Å². The van der Waals surface area contributed by atoms with Gasteiger partial charge in [-0.1, -0.05) is 24.3 Å². The molecule has 244 valence electrons. The Morgan fingerprint density at radius 3 is 1.30 bits per heavy atom. The third-order valence-corrected chi connectivity index (χ3v) is 7.59. The molecule has 0 saturated heterocycles. The van der Waals surface area contributed by atoms with Crippen molar-refractivity contribution in [3.63, 3.8) is 0 Å². The lowest BCUT2D eigenvalue weighted by atomic mass is 10.1. The van der Waals surface area contributed by atoms with Crippen LogP contribution in [0.1, 0.15) is 25.0 Å². The van der Waals surface area contributed by atoms with Crippen molar-refractivity contribution in [3.05, 3.63) is 58.1 Å². The summed E-state index contributed by atoms with van der Waals surface area (Å²) < 4.78 is 68.9. The number of aliphatic hydroxyl groups is 2. The zero-order valence-corrected chi connectivity index (χ0v) is 26.6. The van der Waals surface area contributed by atoms with Crippen molar-refractivity contribution in [1.82, 2.24) is 29.9 Å². The number of nitrogens with one attached hydrogen (secondary N) is 4. The molecular formula is C24H24Cl2N10O8S2. The van der Waals surface area contributed by atoms with Crippen LogP contribution in [0.2, 0.25) is 10.6 Å². The number of rotatable bonds is 12. The average molecular weight is 716 g/mol. The standard InChI is InChI=1S/C24H24Cl2N10O8S2/c1-11(37)27-21-31-19(25)33-23(35-21)29-15-7-5-13(17(9-15)45(39,40)41)3-4-14-6-8-16(10-18(14)46(42,43)44)30-24-34-20(26)32-22(36-24)28-12(2)38/h3-12,37-38H,1-2H3,(H,39,40,41)(H,42,43,44)(H2,27,29,31,33,35)(H2,28,30,32,34,36). The number of nitrogens with zero attached hydrogens (tertiary/aromatic N) is 6. The molecule has 18 nitrogen and oxygen atoms in total. The molecule has 0 aliphatic carbocycles. The molecule has 0 radical (unpaired) electrons. The number of benzene rings is 2. The van der Waals surface area contributed by atoms with Crippen LogP contribution in [0.3, 0.4) is 0 Å². The van der Waals surface area contributed by atoms with Crippen LogP contribution in [-0.4, -0.2) is 78.5 Å². The third kappa shape index (κ3) is 9.61. The van der Waals surface area contributed by atoms with Crippen molar-refractivity contribution in [1.29, 1.82) is 0 Å². The second-order valence-electron chi connectivity index (χ2n) is 9.18. The summed E-state index contributed by atoms with van der Waals surface area (Å²) in [5.74, 6) is -0.376. The molecule has 4 rings (SSSR count). The molecule has 2 aromatic carbocycles. The van der Waals surface area contributed by atoms with Gasteiger partial charge in [0.05, 0.1) is 0 Å². The maximum Gasteiger partial charge on any atom is 0.295 e. The van der Waals surface area contributed by atoms with Crippen LogP contribution in [0.15, 0.2) is 46.2 Å². The lowest BCUT2D eigenvalue weighted by Crippen LogP contribution is -2.16. The molecule has 22 heteroatoms. The quantitative estimate of drug-likeness (QED) is 0.0594. The maximum absolute atomic E-state index is 12.3. The molecule has 8 N–H and O–H groups in total. The minimum absolute atomic E-state index is 0.0559. The molecule has 46 heavy (non-hydrogen) atoms. The molecule has 0 aliphatic heterocycles. The number of anilines is 6. The Morgan fingerprint density at radius 2 is 0.978 bits per heavy atom. The highest BCUT2D eigenvalue weighted by atomic mass is 35.5. The highest BCUT2D eigenvalue weighted by Crippen LogP contribution is 2.28. The summed E-state index contributed by atoms with van der Waals surface area (Å²) in [5, 5.41) is 29.0. The van der Waals surface area contributed by atoms with Gasteiger partial charge in [0.2, 0.25) is 34.4 Å². The second kappa shape index (κ2) is 14.0. The van der Waals surface area contributed by atoms with Gasteiger partial charge in [0.15, 0.2) is 0 Å². The summed E-state index contributed by atoms with van der Waals surface area (Å²) in [7, 11) is -9.65. The number of hydrogen-bond acceptors (Lipinski definition) is 16. The van der Waals surface area contributed by atoms with E-state index in [1.165, 1.54) is 50.3 Å². The fraction of sp³-hybridized carbons (Fsp3) is 0.167. The van der Waals surface area contributed by atoms with Crippen molar-refractivity contribution < 1.29 is 36.2 Å². The number of hydrogen-bond donors (Lipinski definition) is 8. The van der Waals surface area contributed by atoms with Gasteiger partial charge in [0.1, 0.15) is 22.2 Å². The van der Waals surface area contributed by atoms with Gasteiger partial charge in [0.25, 0.3) is 20.2 Å². The Kier molecular flexibility index (Phi) is 10.5. The smallest absolute Gasteiger partial charge is 0.295 e. The summed E-state index contributed by atoms with van der Waals surface area (Å²) in [6.45, 7) is 2.84. The van der Waals surface area contributed by atoms with Crippen LogP contribution < -0.4 is 21.3 Å². The summed E-state index contributed by atoms with van der Waals surface area (Å²) >= 11 is 11.8. The van der Waals surface area contributed by atoms with Gasteiger partial charge in [-0.15, -0.1) is 0 Å². The van der Waals surface area contributed by atoms with E-state index in [0.717, 1.165) is 12.1 Å². The fourth-order valence-corrected chi connectivity index (χ4v) is 5.44. The molecule has 0 amide bonds. The first-order chi connectivity index (χ1) is 21.5. The van der Waals surface area contributed by atoms with Crippen LogP contribution in [0.4, 0.5) is 35.2 Å². The van der Waals surface area contributed by atoms with Gasteiger partial charge < -0.3 is 31.5 Å². The zero-order valence-electron chi connectivity index (χ0n) is 23.5. The Bertz CT molecular complexity index is 1870. The van der Waals surface area contributed by atoms with E-state index in [9.17, 15) is 36.2 Å². The van der Waals surface area contributed by atoms with Crippen molar-refractivity contribution in [2.75, 3.05) is 21.3 Å². The Labute approximate surface area is 271 Å². The molecule has 0 spiro atoms. The Hall–Kier alpha value is -4.28. The number of halogens is 2. The predicted octanol–water partition coefficient (Wildman–Crippen LogP) is 3.01. The lowest BCUT2D eigenvalue weighted by Gasteiger charge is -2.12. The minimum Gasteiger partial charge on any atom is -0.374 e. The SMILES string of the molecule is CC(O)Nc1nc(Cl)nc(Nc2ccc(C=Cc3ccc(Nc4nc(Cl)nc(NC(C)O)n4)cc3S(=O)(=O)O)c(S(=O)(=O)O)c2)n1. The van der Waals surface area contributed by atoms with E-state index in [0.29, 0.717) is 0 Å². The largest absolute Gasteiger partial charge is 0.374 e. The molecule has 2 heterocycles. The molecular weight excluding hydrogens is 691 g/mol. The van der Waals surface area contributed by atoms with Gasteiger partial charge in [-0.25, -0.2) is 0 Å². The summed E-state index contributed by atoms with van der Waals surface area (Å²) in [6, 6.07) is 7.53. The molecule has 2 aromatic heterocycles. The third-order valence-electron chi connectivity index (χ3n) is 5.43. The van der Waals surface area contributed by atoms with Crippen molar-refractivity contribution >= 4 is 90.8 Å². The van der Waals surface area contributed by atoms with E-state index >= 15 is 0 Å². The average Bonchev–Trinajstić information content (AvgIpc) is 2.90. The molecule has 0 fully saturated rings. The predicted molar refractivity (Wildman–Crippen MR) is 168 cm³/mol. The molecule has 0 bridgehead atoms. The monoisotopic (exact) mass is 714 g/mol. The molecule has 2 atom stereocenters. The molecule has 0 aliphatic rings. The first-order valence-electron chi connectivity index (χ1n) is 12.6. The van der Waals surface area contributed by atoms with Crippen molar-refractivity contribution in [2.24, 2.45) is 0 Å². The molecule has 4 aromatic rings. The van der Waals surface area contributed by atoms with E-state index in [1.807, 2.05) is 0 Å². The lowest BCUT2D eigenvalue weighted by molar-refractivity contribution is 0.223. The summed E-state index contributed by atoms with van der Waals surface area (Å²) in [4.78, 5) is 22.3. The zero-order chi connectivity index (χ0) is 33.8. The molecule has 2 unspecified atom stereocenters. The van der Waals surface area contributed by atoms with Crippen LogP contribution in [0.5, 0.6) is 0 Å². The van der Waals surface area contributed by atoms with Gasteiger partial charge >= 0.3 is 0 Å². The first kappa shape index (κ1) is 34.6. The highest BCUT2D eigenvalue weighted by Gasteiger charge is 2.19. The topological polar surface area (TPSA) is 275 Å². The fourth-order valence-electron chi connectivity index (χ4n) is 3.70. The Balaban J connectivity index is 1.65. The van der Waals surface area contributed by atoms with Crippen LogP contribution in [-0.2, 0) is 20.2 Å². The van der Waals surface area contributed by atoms with Crippen LogP contribution in [0, 0.1) is 0 Å². The van der Waals surface area contributed by atoms with E-state index < -0.39 is 42.5 Å². The maximum atomic E-state index is 12.3. The minimum atomic E-state index is -4.82. The van der Waals surface area contributed by atoms with Gasteiger partial charge in [-0.2, -0.15) is 46.7 Å². The van der Waals surface area contributed by atoms with Crippen molar-refractivity contribution in [3.8, 4) is 0 Å². The second-order valence-corrected chi connectivity index (χ2v) is 12.6. The van der Waals surface area contributed by atoms with Gasteiger partial charge in [-0.3, -0.25) is 9.11 Å². The van der Waals surface area contributed by atoms with Crippen LogP contribution in [0.25, 0.3) is 12.2 Å². The number of aromatic nitrogens is 6. The first-order valence-corrected chi connectivity index (χ1v) is 16.3. The Morgan fingerprint density at radius 1 is 0.630 bits per heavy atom. The van der Waals surface area contributed by atoms with Crippen LogP contribution >= 0.6 is 23.2 Å². The summed E-state index contributed by atoms with van der Waals surface area (Å²) in [6.07, 6.45) is 0.376. The normalized spacial score (nSPS) is 13.3. The number of aliphatic hydroxyl groups excluding tert-OH is 2. The highest BCUT2D eigenvalue weighted by molar-refractivity contribution is 7.86. The summed E-state index contributed by atoms with van der Waals surface area (Å²) in [5.41, 5.74) is 0.1000. The molecule has 0 saturated carbocycles. The van der Waals surface area contributed by atoms with E-state index in [2.05, 4.69) is 51.2 Å². The van der Waals surface area contributed by atoms with Crippen molar-refractivity contribution in [2.45, 2.75) is 36.1 Å². The van der Waals surface area contributed by atoms with E-state index in [4.69, 9.17) is 23.2 Å². The van der Waals surface area contributed by atoms with Gasteiger partial charge in [0, 0.05) is 11.4 Å². The van der Waals surface area contributed by atoms with E-state index in [-0.39, 0.29) is 56.9 Å².